The number of hydrogen-bond donors (Lipinski definition) is 1. The summed E-state index contributed by atoms with van der Waals surface area (Å²) < 4.78 is 52.8. The van der Waals surface area contributed by atoms with Crippen LogP contribution >= 0.6 is 11.6 Å². The molecule has 6 heteroatoms. The Labute approximate surface area is 101 Å². The van der Waals surface area contributed by atoms with Crippen LogP contribution in [-0.4, -0.2) is 12.5 Å². The van der Waals surface area contributed by atoms with Gasteiger partial charge < -0.3 is 5.73 Å². The van der Waals surface area contributed by atoms with E-state index in [-0.39, 0.29) is 12.1 Å². The van der Waals surface area contributed by atoms with Crippen LogP contribution in [0.25, 0.3) is 0 Å². The summed E-state index contributed by atoms with van der Waals surface area (Å²) in [4.78, 5) is 0. The fourth-order valence-electron chi connectivity index (χ4n) is 2.37. The molecule has 0 saturated heterocycles. The Hall–Kier alpha value is -0.810. The maximum Gasteiger partial charge on any atom is 0.250 e. The van der Waals surface area contributed by atoms with Crippen LogP contribution in [-0.2, 0) is 5.41 Å². The minimum absolute atomic E-state index is 0.192. The molecular formula is C11H10ClF4N. The van der Waals surface area contributed by atoms with Gasteiger partial charge in [0, 0.05) is 30.4 Å². The topological polar surface area (TPSA) is 26.0 Å². The van der Waals surface area contributed by atoms with Crippen molar-refractivity contribution in [1.82, 2.24) is 0 Å². The zero-order valence-electron chi connectivity index (χ0n) is 8.74. The number of benzene rings is 1. The molecule has 1 saturated carbocycles. The van der Waals surface area contributed by atoms with Gasteiger partial charge >= 0.3 is 0 Å². The van der Waals surface area contributed by atoms with Gasteiger partial charge in [-0.3, -0.25) is 0 Å². The molecule has 0 unspecified atom stereocenters. The summed E-state index contributed by atoms with van der Waals surface area (Å²) in [7, 11) is 0. The molecule has 0 radical (unpaired) electrons. The highest BCUT2D eigenvalue weighted by Crippen LogP contribution is 2.55. The average molecular weight is 268 g/mol. The second-order valence-corrected chi connectivity index (χ2v) is 4.79. The molecule has 1 aromatic rings. The van der Waals surface area contributed by atoms with Crippen molar-refractivity contribution in [3.05, 3.63) is 34.4 Å². The van der Waals surface area contributed by atoms with Gasteiger partial charge in [-0.25, -0.2) is 17.6 Å². The third-order valence-corrected chi connectivity index (χ3v) is 3.53. The van der Waals surface area contributed by atoms with E-state index >= 15 is 0 Å². The van der Waals surface area contributed by atoms with Crippen molar-refractivity contribution in [2.24, 2.45) is 5.73 Å². The van der Waals surface area contributed by atoms with E-state index in [1.165, 1.54) is 0 Å². The summed E-state index contributed by atoms with van der Waals surface area (Å²) >= 11 is 5.65. The Morgan fingerprint density at radius 1 is 1.18 bits per heavy atom. The Balaban J connectivity index is 2.50. The summed E-state index contributed by atoms with van der Waals surface area (Å²) in [6.45, 7) is -0.192. The number of halogens is 5. The highest BCUT2D eigenvalue weighted by atomic mass is 35.5. The van der Waals surface area contributed by atoms with E-state index in [0.29, 0.717) is 0 Å². The van der Waals surface area contributed by atoms with E-state index in [1.807, 2.05) is 0 Å². The van der Waals surface area contributed by atoms with Crippen molar-refractivity contribution in [3.8, 4) is 0 Å². The highest BCUT2D eigenvalue weighted by molar-refractivity contribution is 6.31. The second-order valence-electron chi connectivity index (χ2n) is 4.41. The molecule has 1 nitrogen and oxygen atoms in total. The summed E-state index contributed by atoms with van der Waals surface area (Å²) in [5, 5.41) is -0.453. The lowest BCUT2D eigenvalue weighted by molar-refractivity contribution is -0.124. The Bertz CT molecular complexity index is 453. The molecular weight excluding hydrogens is 258 g/mol. The van der Waals surface area contributed by atoms with Crippen molar-refractivity contribution in [3.63, 3.8) is 0 Å². The maximum atomic E-state index is 13.6. The largest absolute Gasteiger partial charge is 0.330 e. The summed E-state index contributed by atoms with van der Waals surface area (Å²) in [5.41, 5.74) is 3.94. The quantitative estimate of drug-likeness (QED) is 0.646. The first-order valence-corrected chi connectivity index (χ1v) is 5.41. The van der Waals surface area contributed by atoms with Crippen LogP contribution in [0.3, 0.4) is 0 Å². The van der Waals surface area contributed by atoms with Gasteiger partial charge in [0.2, 0.25) is 5.92 Å². The smallest absolute Gasteiger partial charge is 0.250 e. The van der Waals surface area contributed by atoms with Crippen LogP contribution in [0.4, 0.5) is 17.6 Å². The molecule has 0 spiro atoms. The minimum Gasteiger partial charge on any atom is -0.330 e. The fourth-order valence-corrected chi connectivity index (χ4v) is 2.73. The van der Waals surface area contributed by atoms with Crippen molar-refractivity contribution in [2.75, 3.05) is 6.54 Å². The molecule has 0 bridgehead atoms. The van der Waals surface area contributed by atoms with E-state index in [9.17, 15) is 17.6 Å². The third kappa shape index (κ3) is 1.91. The van der Waals surface area contributed by atoms with E-state index in [0.717, 1.165) is 12.1 Å². The lowest BCUT2D eigenvalue weighted by Crippen LogP contribution is -2.54. The molecule has 0 atom stereocenters. The van der Waals surface area contributed by atoms with E-state index in [2.05, 4.69) is 0 Å². The van der Waals surface area contributed by atoms with Crippen molar-refractivity contribution in [2.45, 2.75) is 24.2 Å². The first-order chi connectivity index (χ1) is 7.81. The Morgan fingerprint density at radius 3 is 2.18 bits per heavy atom. The average Bonchev–Trinajstić information content (AvgIpc) is 2.21. The molecule has 0 heterocycles. The fraction of sp³-hybridized carbons (Fsp3) is 0.455. The van der Waals surface area contributed by atoms with Gasteiger partial charge in [0.05, 0.1) is 5.02 Å². The molecule has 94 valence electrons. The van der Waals surface area contributed by atoms with E-state index in [4.69, 9.17) is 17.3 Å². The van der Waals surface area contributed by atoms with Crippen LogP contribution in [0.2, 0.25) is 5.02 Å². The molecule has 1 aliphatic rings. The molecule has 1 aliphatic carbocycles. The molecule has 1 aromatic carbocycles. The lowest BCUT2D eigenvalue weighted by atomic mass is 9.62. The Kier molecular flexibility index (Phi) is 2.86. The molecule has 0 aromatic heterocycles. The van der Waals surface area contributed by atoms with E-state index < -0.39 is 40.8 Å². The van der Waals surface area contributed by atoms with Gasteiger partial charge in [-0.1, -0.05) is 11.6 Å². The highest BCUT2D eigenvalue weighted by Gasteiger charge is 2.58. The van der Waals surface area contributed by atoms with Crippen molar-refractivity contribution in [1.29, 1.82) is 0 Å². The van der Waals surface area contributed by atoms with Crippen LogP contribution in [0.1, 0.15) is 18.4 Å². The summed E-state index contributed by atoms with van der Waals surface area (Å²) in [6, 6.07) is 1.74. The van der Waals surface area contributed by atoms with Gasteiger partial charge in [0.15, 0.2) is 0 Å². The van der Waals surface area contributed by atoms with E-state index in [1.54, 1.807) is 0 Å². The van der Waals surface area contributed by atoms with Crippen molar-refractivity contribution >= 4 is 11.6 Å². The second kappa shape index (κ2) is 3.85. The summed E-state index contributed by atoms with van der Waals surface area (Å²) in [6.07, 6.45) is -1.20. The van der Waals surface area contributed by atoms with Gasteiger partial charge in [-0.2, -0.15) is 0 Å². The van der Waals surface area contributed by atoms with Gasteiger partial charge in [0.25, 0.3) is 0 Å². The minimum atomic E-state index is -2.89. The maximum absolute atomic E-state index is 13.6. The molecule has 2 rings (SSSR count). The molecule has 17 heavy (non-hydrogen) atoms. The van der Waals surface area contributed by atoms with Gasteiger partial charge in [0.1, 0.15) is 11.6 Å². The Morgan fingerprint density at radius 2 is 1.71 bits per heavy atom. The molecule has 0 aliphatic heterocycles. The predicted octanol–water partition coefficient (Wildman–Crippen LogP) is 3.24. The first kappa shape index (κ1) is 12.6. The van der Waals surface area contributed by atoms with Crippen molar-refractivity contribution < 1.29 is 17.6 Å². The van der Waals surface area contributed by atoms with Crippen LogP contribution < -0.4 is 5.73 Å². The van der Waals surface area contributed by atoms with Crippen LogP contribution in [0.15, 0.2) is 12.1 Å². The standard InChI is InChI=1S/C11H10ClF4N/c12-9-7(14)2-1-6(13)8(9)10(5-17)3-11(15,16)4-10/h1-2H,3-5,17H2. The van der Waals surface area contributed by atoms with Gasteiger partial charge in [-0.15, -0.1) is 0 Å². The summed E-state index contributed by atoms with van der Waals surface area (Å²) in [5.74, 6) is -4.51. The lowest BCUT2D eigenvalue weighted by Gasteiger charge is -2.47. The number of rotatable bonds is 2. The number of alkyl halides is 2. The molecule has 0 amide bonds. The van der Waals surface area contributed by atoms with Gasteiger partial charge in [-0.05, 0) is 12.1 Å². The molecule has 1 fully saturated rings. The normalized spacial score (nSPS) is 21.1. The SMILES string of the molecule is NCC1(c2c(F)ccc(F)c2Cl)CC(F)(F)C1. The predicted molar refractivity (Wildman–Crippen MR) is 56.3 cm³/mol. The monoisotopic (exact) mass is 267 g/mol. The zero-order valence-corrected chi connectivity index (χ0v) is 9.50. The van der Waals surface area contributed by atoms with Crippen LogP contribution in [0.5, 0.6) is 0 Å². The molecule has 2 N–H and O–H groups in total. The first-order valence-electron chi connectivity index (χ1n) is 5.03. The number of nitrogens with two attached hydrogens (primary N) is 1. The zero-order chi connectivity index (χ0) is 12.8. The third-order valence-electron chi connectivity index (χ3n) is 3.16. The number of hydrogen-bond acceptors (Lipinski definition) is 1. The van der Waals surface area contributed by atoms with Crippen LogP contribution in [0, 0.1) is 11.6 Å².